The van der Waals surface area contributed by atoms with E-state index < -0.39 is 11.2 Å². The van der Waals surface area contributed by atoms with Gasteiger partial charge in [0.2, 0.25) is 5.91 Å². The number of hydrogen-bond acceptors (Lipinski definition) is 4. The number of hydrogen-bond donors (Lipinski definition) is 2. The zero-order chi connectivity index (χ0) is 13.5. The molecule has 1 amide bonds. The van der Waals surface area contributed by atoms with Crippen LogP contribution in [-0.2, 0) is 9.59 Å². The van der Waals surface area contributed by atoms with E-state index in [1.807, 2.05) is 0 Å². The standard InChI is InChI=1S/C12H15NO4S/c1-8(12(15)16)18-7-11(14)13-9-4-3-5-10(6-9)17-2/h3-6,8H,7H2,1-2H3,(H,13,14)(H,15,16). The van der Waals surface area contributed by atoms with E-state index in [1.165, 1.54) is 0 Å². The van der Waals surface area contributed by atoms with Crippen LogP contribution in [-0.4, -0.2) is 35.1 Å². The summed E-state index contributed by atoms with van der Waals surface area (Å²) in [6, 6.07) is 6.98. The molecule has 98 valence electrons. The fourth-order valence-electron chi connectivity index (χ4n) is 1.17. The van der Waals surface area contributed by atoms with Gasteiger partial charge in [-0.3, -0.25) is 9.59 Å². The van der Waals surface area contributed by atoms with E-state index in [0.29, 0.717) is 11.4 Å². The smallest absolute Gasteiger partial charge is 0.316 e. The van der Waals surface area contributed by atoms with Crippen LogP contribution in [0.15, 0.2) is 24.3 Å². The Morgan fingerprint density at radius 3 is 2.83 bits per heavy atom. The van der Waals surface area contributed by atoms with Gasteiger partial charge in [-0.2, -0.15) is 0 Å². The summed E-state index contributed by atoms with van der Waals surface area (Å²) in [5, 5.41) is 10.8. The summed E-state index contributed by atoms with van der Waals surface area (Å²) >= 11 is 1.08. The van der Waals surface area contributed by atoms with Crippen molar-refractivity contribution in [2.45, 2.75) is 12.2 Å². The number of carboxylic acid groups (broad SMARTS) is 1. The minimum absolute atomic E-state index is 0.102. The number of amides is 1. The fourth-order valence-corrected chi connectivity index (χ4v) is 1.79. The van der Waals surface area contributed by atoms with E-state index in [1.54, 1.807) is 38.3 Å². The van der Waals surface area contributed by atoms with Gasteiger partial charge in [-0.05, 0) is 19.1 Å². The Morgan fingerprint density at radius 2 is 2.22 bits per heavy atom. The van der Waals surface area contributed by atoms with E-state index in [9.17, 15) is 9.59 Å². The lowest BCUT2D eigenvalue weighted by molar-refractivity contribution is -0.136. The van der Waals surface area contributed by atoms with Gasteiger partial charge in [-0.1, -0.05) is 6.07 Å². The summed E-state index contributed by atoms with van der Waals surface area (Å²) in [5.74, 6) is -0.403. The Morgan fingerprint density at radius 1 is 1.50 bits per heavy atom. The zero-order valence-corrected chi connectivity index (χ0v) is 11.0. The predicted molar refractivity (Wildman–Crippen MR) is 71.2 cm³/mol. The van der Waals surface area contributed by atoms with Gasteiger partial charge < -0.3 is 15.2 Å². The Labute approximate surface area is 110 Å². The van der Waals surface area contributed by atoms with Crippen LogP contribution < -0.4 is 10.1 Å². The molecule has 1 aromatic carbocycles. The van der Waals surface area contributed by atoms with Crippen molar-refractivity contribution in [2.75, 3.05) is 18.2 Å². The monoisotopic (exact) mass is 269 g/mol. The lowest BCUT2D eigenvalue weighted by Crippen LogP contribution is -2.19. The molecule has 1 aromatic rings. The van der Waals surface area contributed by atoms with Gasteiger partial charge in [-0.25, -0.2) is 0 Å². The third-order valence-electron chi connectivity index (χ3n) is 2.17. The minimum Gasteiger partial charge on any atom is -0.497 e. The number of rotatable bonds is 6. The molecule has 1 atom stereocenters. The molecule has 1 unspecified atom stereocenters. The van der Waals surface area contributed by atoms with E-state index in [-0.39, 0.29) is 11.7 Å². The molecule has 5 nitrogen and oxygen atoms in total. The summed E-state index contributed by atoms with van der Waals surface area (Å²) in [6.07, 6.45) is 0. The Bertz CT molecular complexity index is 436. The largest absolute Gasteiger partial charge is 0.497 e. The van der Waals surface area contributed by atoms with E-state index in [2.05, 4.69) is 5.32 Å². The second-order valence-electron chi connectivity index (χ2n) is 3.57. The average Bonchev–Trinajstić information content (AvgIpc) is 2.36. The lowest BCUT2D eigenvalue weighted by Gasteiger charge is -2.08. The first-order valence-corrected chi connectivity index (χ1v) is 6.36. The number of carboxylic acids is 1. The van der Waals surface area contributed by atoms with E-state index in [0.717, 1.165) is 11.8 Å². The second kappa shape index (κ2) is 6.90. The zero-order valence-electron chi connectivity index (χ0n) is 10.2. The van der Waals surface area contributed by atoms with Crippen LogP contribution in [0.1, 0.15) is 6.92 Å². The van der Waals surface area contributed by atoms with E-state index >= 15 is 0 Å². The molecule has 0 bridgehead atoms. The van der Waals surface area contributed by atoms with Crippen molar-refractivity contribution in [1.29, 1.82) is 0 Å². The van der Waals surface area contributed by atoms with Crippen molar-refractivity contribution in [2.24, 2.45) is 0 Å². The molecule has 0 heterocycles. The third-order valence-corrected chi connectivity index (χ3v) is 3.30. The minimum atomic E-state index is -0.922. The van der Waals surface area contributed by atoms with Crippen LogP contribution in [0.4, 0.5) is 5.69 Å². The van der Waals surface area contributed by atoms with Gasteiger partial charge in [0.05, 0.1) is 18.1 Å². The molecule has 0 aliphatic rings. The molecule has 0 aromatic heterocycles. The highest BCUT2D eigenvalue weighted by Crippen LogP contribution is 2.17. The first-order chi connectivity index (χ1) is 8.52. The topological polar surface area (TPSA) is 75.6 Å². The number of aliphatic carboxylic acids is 1. The van der Waals surface area contributed by atoms with Gasteiger partial charge in [0, 0.05) is 11.8 Å². The van der Waals surface area contributed by atoms with Crippen LogP contribution in [0.5, 0.6) is 5.75 Å². The second-order valence-corrected chi connectivity index (χ2v) is 4.90. The Balaban J connectivity index is 2.46. The van der Waals surface area contributed by atoms with Gasteiger partial charge in [-0.15, -0.1) is 11.8 Å². The van der Waals surface area contributed by atoms with Crippen molar-refractivity contribution >= 4 is 29.3 Å². The molecule has 2 N–H and O–H groups in total. The average molecular weight is 269 g/mol. The molecule has 6 heteroatoms. The SMILES string of the molecule is COc1cccc(NC(=O)CSC(C)C(=O)O)c1. The maximum Gasteiger partial charge on any atom is 0.316 e. The van der Waals surface area contributed by atoms with Crippen LogP contribution in [0.25, 0.3) is 0 Å². The molecule has 0 aliphatic heterocycles. The maximum atomic E-state index is 11.6. The molecule has 0 saturated heterocycles. The van der Waals surface area contributed by atoms with Crippen molar-refractivity contribution in [3.63, 3.8) is 0 Å². The highest BCUT2D eigenvalue weighted by Gasteiger charge is 2.13. The molecule has 0 radical (unpaired) electrons. The molecular weight excluding hydrogens is 254 g/mol. The summed E-state index contributed by atoms with van der Waals surface area (Å²) in [7, 11) is 1.55. The number of methoxy groups -OCH3 is 1. The highest BCUT2D eigenvalue weighted by atomic mass is 32.2. The number of anilines is 1. The van der Waals surface area contributed by atoms with Crippen molar-refractivity contribution in [3.05, 3.63) is 24.3 Å². The van der Waals surface area contributed by atoms with Crippen molar-refractivity contribution < 1.29 is 19.4 Å². The molecule has 0 saturated carbocycles. The molecular formula is C12H15NO4S. The first kappa shape index (κ1) is 14.4. The van der Waals surface area contributed by atoms with Gasteiger partial charge >= 0.3 is 5.97 Å². The Hall–Kier alpha value is -1.69. The third kappa shape index (κ3) is 4.67. The summed E-state index contributed by atoms with van der Waals surface area (Å²) in [6.45, 7) is 1.55. The summed E-state index contributed by atoms with van der Waals surface area (Å²) in [4.78, 5) is 22.2. The van der Waals surface area contributed by atoms with Crippen LogP contribution in [0.2, 0.25) is 0 Å². The fraction of sp³-hybridized carbons (Fsp3) is 0.333. The number of thioether (sulfide) groups is 1. The number of benzene rings is 1. The molecule has 18 heavy (non-hydrogen) atoms. The van der Waals surface area contributed by atoms with Gasteiger partial charge in [0.25, 0.3) is 0 Å². The molecule has 1 rings (SSSR count). The van der Waals surface area contributed by atoms with E-state index in [4.69, 9.17) is 9.84 Å². The van der Waals surface area contributed by atoms with Gasteiger partial charge in [0.1, 0.15) is 5.75 Å². The number of carbonyl (C=O) groups excluding carboxylic acids is 1. The highest BCUT2D eigenvalue weighted by molar-refractivity contribution is 8.01. The molecule has 0 fully saturated rings. The predicted octanol–water partition coefficient (Wildman–Crippen LogP) is 1.84. The summed E-state index contributed by atoms with van der Waals surface area (Å²) < 4.78 is 5.03. The van der Waals surface area contributed by atoms with Crippen molar-refractivity contribution in [3.8, 4) is 5.75 Å². The molecule has 0 aliphatic carbocycles. The quantitative estimate of drug-likeness (QED) is 0.824. The van der Waals surface area contributed by atoms with Crippen molar-refractivity contribution in [1.82, 2.24) is 0 Å². The van der Waals surface area contributed by atoms with Crippen LogP contribution in [0.3, 0.4) is 0 Å². The Kier molecular flexibility index (Phi) is 5.51. The first-order valence-electron chi connectivity index (χ1n) is 5.31. The van der Waals surface area contributed by atoms with Gasteiger partial charge in [0.15, 0.2) is 0 Å². The summed E-state index contributed by atoms with van der Waals surface area (Å²) in [5.41, 5.74) is 0.628. The maximum absolute atomic E-state index is 11.6. The van der Waals surface area contributed by atoms with Crippen LogP contribution in [0, 0.1) is 0 Å². The molecule has 0 spiro atoms. The number of carbonyl (C=O) groups is 2. The van der Waals surface area contributed by atoms with Crippen LogP contribution >= 0.6 is 11.8 Å². The lowest BCUT2D eigenvalue weighted by atomic mass is 10.3. The number of ether oxygens (including phenoxy) is 1. The normalized spacial score (nSPS) is 11.7. The number of nitrogens with one attached hydrogen (secondary N) is 1.